The molecule has 4 atom stereocenters. The summed E-state index contributed by atoms with van der Waals surface area (Å²) >= 11 is 0. The van der Waals surface area contributed by atoms with E-state index in [1.54, 1.807) is 6.07 Å². The maximum Gasteiger partial charge on any atom is 0.317 e. The van der Waals surface area contributed by atoms with Gasteiger partial charge in [-0.05, 0) is 31.9 Å². The van der Waals surface area contributed by atoms with Crippen molar-refractivity contribution < 1.29 is 18.7 Å². The average molecular weight is 383 g/mol. The van der Waals surface area contributed by atoms with Gasteiger partial charge in [-0.25, -0.2) is 4.79 Å². The van der Waals surface area contributed by atoms with Crippen LogP contribution in [0.2, 0.25) is 0 Å². The summed E-state index contributed by atoms with van der Waals surface area (Å²) in [6, 6.07) is 9.34. The maximum atomic E-state index is 12.6. The first-order valence-electron chi connectivity index (χ1n) is 10.1. The molecule has 3 fully saturated rings. The fourth-order valence-electron chi connectivity index (χ4n) is 5.27. The van der Waals surface area contributed by atoms with Crippen LogP contribution in [0, 0.1) is 11.8 Å². The normalized spacial score (nSPS) is 30.6. The lowest BCUT2D eigenvalue weighted by atomic mass is 9.73. The number of fused-ring (bicyclic) bond motifs is 2. The minimum absolute atomic E-state index is 0.0246. The predicted octanol–water partition coefficient (Wildman–Crippen LogP) is 2.37. The van der Waals surface area contributed by atoms with Gasteiger partial charge >= 0.3 is 6.03 Å². The Kier molecular flexibility index (Phi) is 4.08. The van der Waals surface area contributed by atoms with Crippen LogP contribution in [0.15, 0.2) is 34.7 Å². The molecule has 3 saturated heterocycles. The summed E-state index contributed by atoms with van der Waals surface area (Å²) < 4.78 is 12.0. The Morgan fingerprint density at radius 1 is 1.29 bits per heavy atom. The van der Waals surface area contributed by atoms with Crippen LogP contribution in [-0.4, -0.2) is 54.7 Å². The number of amides is 3. The van der Waals surface area contributed by atoms with E-state index in [2.05, 4.69) is 10.6 Å². The summed E-state index contributed by atoms with van der Waals surface area (Å²) in [6.07, 6.45) is 2.15. The highest BCUT2D eigenvalue weighted by atomic mass is 16.5. The molecule has 0 saturated carbocycles. The Morgan fingerprint density at radius 3 is 2.96 bits per heavy atom. The number of furan rings is 1. The van der Waals surface area contributed by atoms with Crippen molar-refractivity contribution in [1.29, 1.82) is 0 Å². The van der Waals surface area contributed by atoms with Crippen molar-refractivity contribution in [2.45, 2.75) is 31.5 Å². The second-order valence-corrected chi connectivity index (χ2v) is 8.10. The number of carbonyl (C=O) groups is 2. The molecule has 3 aliphatic rings. The smallest absolute Gasteiger partial charge is 0.317 e. The molecule has 3 aliphatic heterocycles. The zero-order valence-corrected chi connectivity index (χ0v) is 15.9. The van der Waals surface area contributed by atoms with Crippen molar-refractivity contribution in [1.82, 2.24) is 15.5 Å². The fraction of sp³-hybridized carbons (Fsp3) is 0.524. The van der Waals surface area contributed by atoms with E-state index >= 15 is 0 Å². The number of nitrogens with zero attached hydrogens (tertiary/aromatic N) is 1. The van der Waals surface area contributed by atoms with Crippen LogP contribution in [0.4, 0.5) is 4.79 Å². The van der Waals surface area contributed by atoms with Crippen LogP contribution in [-0.2, 0) is 4.74 Å². The molecule has 1 spiro atoms. The van der Waals surface area contributed by atoms with Crippen molar-refractivity contribution in [3.63, 3.8) is 0 Å². The van der Waals surface area contributed by atoms with Gasteiger partial charge in [0.2, 0.25) is 0 Å². The summed E-state index contributed by atoms with van der Waals surface area (Å²) in [6.45, 7) is 4.41. The molecule has 7 heteroatoms. The van der Waals surface area contributed by atoms with E-state index in [-0.39, 0.29) is 35.5 Å². The molecule has 148 valence electrons. The number of hydrogen-bond donors (Lipinski definition) is 2. The highest BCUT2D eigenvalue weighted by Crippen LogP contribution is 2.54. The molecule has 0 aliphatic carbocycles. The molecule has 0 unspecified atom stereocenters. The first-order chi connectivity index (χ1) is 13.6. The Labute approximate surface area is 163 Å². The lowest BCUT2D eigenvalue weighted by Crippen LogP contribution is -2.41. The van der Waals surface area contributed by atoms with E-state index in [0.29, 0.717) is 37.5 Å². The summed E-state index contributed by atoms with van der Waals surface area (Å²) in [5, 5.41) is 6.83. The molecule has 1 aromatic heterocycles. The number of urea groups is 1. The second kappa shape index (κ2) is 6.51. The van der Waals surface area contributed by atoms with E-state index in [1.807, 2.05) is 36.1 Å². The van der Waals surface area contributed by atoms with E-state index in [9.17, 15) is 9.59 Å². The van der Waals surface area contributed by atoms with Gasteiger partial charge in [-0.3, -0.25) is 4.79 Å². The van der Waals surface area contributed by atoms with Gasteiger partial charge in [0.05, 0.1) is 18.2 Å². The minimum atomic E-state index is -0.232. The van der Waals surface area contributed by atoms with Crippen LogP contribution in [0.5, 0.6) is 0 Å². The average Bonchev–Trinajstić information content (AvgIpc) is 3.44. The standard InChI is InChI=1S/C21H25N3O4/c1-2-22-20(26)24-11-15-14(17-7-8-21(15,12-24)28-17)10-23-19(25)18-9-13-5-3-4-6-16(13)27-18/h3-6,9,14-15,17H,2,7-8,10-12H2,1H3,(H,22,26)(H,23,25)/t14-,15+,17+,21+/m0/s1. The van der Waals surface area contributed by atoms with Gasteiger partial charge in [-0.1, -0.05) is 18.2 Å². The van der Waals surface area contributed by atoms with Crippen LogP contribution in [0.1, 0.15) is 30.3 Å². The van der Waals surface area contributed by atoms with Crippen molar-refractivity contribution in [3.05, 3.63) is 36.1 Å². The Morgan fingerprint density at radius 2 is 2.14 bits per heavy atom. The molecule has 2 bridgehead atoms. The number of benzene rings is 1. The van der Waals surface area contributed by atoms with E-state index < -0.39 is 0 Å². The molecule has 4 heterocycles. The van der Waals surface area contributed by atoms with Gasteiger partial charge in [-0.15, -0.1) is 0 Å². The van der Waals surface area contributed by atoms with E-state index in [1.165, 1.54) is 0 Å². The number of hydrogen-bond acceptors (Lipinski definition) is 4. The minimum Gasteiger partial charge on any atom is -0.451 e. The highest BCUT2D eigenvalue weighted by molar-refractivity contribution is 5.96. The first kappa shape index (κ1) is 17.6. The summed E-state index contributed by atoms with van der Waals surface area (Å²) in [5.74, 6) is 0.619. The number of ether oxygens (including phenoxy) is 1. The van der Waals surface area contributed by atoms with E-state index in [4.69, 9.17) is 9.15 Å². The lowest BCUT2D eigenvalue weighted by molar-refractivity contribution is 0.00555. The molecule has 0 radical (unpaired) electrons. The van der Waals surface area contributed by atoms with Crippen molar-refractivity contribution in [2.75, 3.05) is 26.2 Å². The molecule has 3 amide bonds. The second-order valence-electron chi connectivity index (χ2n) is 8.10. The number of carbonyl (C=O) groups excluding carboxylic acids is 2. The number of likely N-dealkylation sites (tertiary alicyclic amines) is 1. The van der Waals surface area contributed by atoms with Gasteiger partial charge in [0.15, 0.2) is 5.76 Å². The van der Waals surface area contributed by atoms with Crippen molar-refractivity contribution in [2.24, 2.45) is 11.8 Å². The lowest BCUT2D eigenvalue weighted by Gasteiger charge is -2.29. The summed E-state index contributed by atoms with van der Waals surface area (Å²) in [5.41, 5.74) is 0.480. The predicted molar refractivity (Wildman–Crippen MR) is 103 cm³/mol. The number of nitrogens with one attached hydrogen (secondary N) is 2. The van der Waals surface area contributed by atoms with Gasteiger partial charge in [-0.2, -0.15) is 0 Å². The third kappa shape index (κ3) is 2.68. The molecule has 28 heavy (non-hydrogen) atoms. The van der Waals surface area contributed by atoms with Gasteiger partial charge in [0, 0.05) is 36.9 Å². The third-order valence-corrected chi connectivity index (χ3v) is 6.55. The van der Waals surface area contributed by atoms with E-state index in [0.717, 1.165) is 18.2 Å². The quantitative estimate of drug-likeness (QED) is 0.849. The summed E-state index contributed by atoms with van der Waals surface area (Å²) in [7, 11) is 0. The number of para-hydroxylation sites is 1. The molecular formula is C21H25N3O4. The first-order valence-corrected chi connectivity index (χ1v) is 10.1. The van der Waals surface area contributed by atoms with Crippen molar-refractivity contribution >= 4 is 22.9 Å². The largest absolute Gasteiger partial charge is 0.451 e. The van der Waals surface area contributed by atoms with Crippen molar-refractivity contribution in [3.8, 4) is 0 Å². The van der Waals surface area contributed by atoms with Crippen LogP contribution >= 0.6 is 0 Å². The molecule has 2 N–H and O–H groups in total. The van der Waals surface area contributed by atoms with Gasteiger partial charge < -0.3 is 24.7 Å². The SMILES string of the molecule is CCNC(=O)N1C[C@@H]2[C@H](CNC(=O)c3cc4ccccc4o3)[C@H]3CC[C@]2(C1)O3. The molecule has 1 aromatic carbocycles. The zero-order valence-electron chi connectivity index (χ0n) is 15.9. The molecule has 2 aromatic rings. The van der Waals surface area contributed by atoms with Crippen LogP contribution in [0.3, 0.4) is 0 Å². The Hall–Kier alpha value is -2.54. The zero-order chi connectivity index (χ0) is 19.3. The highest BCUT2D eigenvalue weighted by Gasteiger charge is 2.63. The maximum absolute atomic E-state index is 12.6. The van der Waals surface area contributed by atoms with Gasteiger partial charge in [0.1, 0.15) is 5.58 Å². The molecule has 7 nitrogen and oxygen atoms in total. The Bertz CT molecular complexity index is 892. The topological polar surface area (TPSA) is 83.8 Å². The third-order valence-electron chi connectivity index (χ3n) is 6.55. The molecule has 5 rings (SSSR count). The molecular weight excluding hydrogens is 358 g/mol. The van der Waals surface area contributed by atoms with Gasteiger partial charge in [0.25, 0.3) is 5.91 Å². The Balaban J connectivity index is 1.27. The van der Waals surface area contributed by atoms with Crippen LogP contribution < -0.4 is 10.6 Å². The fourth-order valence-corrected chi connectivity index (χ4v) is 5.27. The number of rotatable bonds is 4. The summed E-state index contributed by atoms with van der Waals surface area (Å²) in [4.78, 5) is 26.7. The monoisotopic (exact) mass is 383 g/mol. The van der Waals surface area contributed by atoms with Crippen LogP contribution in [0.25, 0.3) is 11.0 Å².